The van der Waals surface area contributed by atoms with E-state index in [1.807, 2.05) is 13.8 Å². The van der Waals surface area contributed by atoms with Crippen LogP contribution in [0.3, 0.4) is 0 Å². The number of nitro groups is 1. The Hall–Kier alpha value is -2.28. The van der Waals surface area contributed by atoms with E-state index in [1.165, 1.54) is 17.7 Å². The SMILES string of the molecule is CC(C)C[C@@H](C[CH-][OH+][O-])C[N+](=O)[O-].c1ccc(C[NH2+]Cc2ccccc2)cc1. The summed E-state index contributed by atoms with van der Waals surface area (Å²) in [6.07, 6.45) is 1.16. The Bertz CT molecular complexity index is 596. The zero-order valence-corrected chi connectivity index (χ0v) is 16.7. The van der Waals surface area contributed by atoms with Crippen LogP contribution in [-0.2, 0) is 13.1 Å². The summed E-state index contributed by atoms with van der Waals surface area (Å²) in [5, 5.41) is 22.4. The molecule has 2 rings (SSSR count). The Morgan fingerprint density at radius 2 is 1.50 bits per heavy atom. The average molecular weight is 389 g/mol. The maximum atomic E-state index is 10.2. The molecule has 0 aliphatic heterocycles. The van der Waals surface area contributed by atoms with Gasteiger partial charge in [-0.3, -0.25) is 10.1 Å². The second-order valence-corrected chi connectivity index (χ2v) is 7.20. The standard InChI is InChI=1S/C14H15N.C8H16NO4/c1-3-7-13(8-4-1)11-15-12-14-9-5-2-6-10-14;1-7(2)5-8(3-4-13-12)6-9(10)11/h1-10,15H,11-12H2;4,7-8,13H,3,5-6H2,1-2H3/q;-1/p+1/t;8-/m.1/s1. The summed E-state index contributed by atoms with van der Waals surface area (Å²) in [5.41, 5.74) is 2.77. The van der Waals surface area contributed by atoms with Crippen molar-refractivity contribution in [2.45, 2.75) is 39.8 Å². The Morgan fingerprint density at radius 3 is 1.89 bits per heavy atom. The molecule has 0 unspecified atom stereocenters. The highest BCUT2D eigenvalue weighted by molar-refractivity contribution is 5.14. The number of nitrogens with zero attached hydrogens (tertiary/aromatic N) is 1. The fourth-order valence-corrected chi connectivity index (χ4v) is 2.95. The molecule has 0 saturated heterocycles. The maximum Gasteiger partial charge on any atom is 0.204 e. The van der Waals surface area contributed by atoms with Crippen molar-refractivity contribution in [1.29, 1.82) is 0 Å². The summed E-state index contributed by atoms with van der Waals surface area (Å²) >= 11 is 0. The van der Waals surface area contributed by atoms with Crippen LogP contribution in [0.2, 0.25) is 0 Å². The van der Waals surface area contributed by atoms with E-state index in [9.17, 15) is 15.4 Å². The third-order valence-corrected chi connectivity index (χ3v) is 4.17. The summed E-state index contributed by atoms with van der Waals surface area (Å²) in [6.45, 7) is 7.23. The zero-order valence-electron chi connectivity index (χ0n) is 16.7. The Morgan fingerprint density at radius 1 is 1.00 bits per heavy atom. The number of quaternary nitrogens is 1. The van der Waals surface area contributed by atoms with Gasteiger partial charge in [-0.2, -0.15) is 0 Å². The van der Waals surface area contributed by atoms with Crippen LogP contribution in [0.5, 0.6) is 0 Å². The monoisotopic (exact) mass is 388 g/mol. The van der Waals surface area contributed by atoms with Crippen molar-refractivity contribution in [1.82, 2.24) is 0 Å². The zero-order chi connectivity index (χ0) is 20.6. The number of hydrogen-bond donors (Lipinski definition) is 1. The van der Waals surface area contributed by atoms with Crippen LogP contribution in [0.1, 0.15) is 37.8 Å². The van der Waals surface area contributed by atoms with E-state index in [2.05, 4.69) is 70.9 Å². The lowest BCUT2D eigenvalue weighted by molar-refractivity contribution is -0.762. The number of hydrogen-bond acceptors (Lipinski definition) is 3. The van der Waals surface area contributed by atoms with Crippen molar-refractivity contribution in [2.75, 3.05) is 6.54 Å². The molecule has 0 aromatic heterocycles. The molecule has 0 aliphatic carbocycles. The van der Waals surface area contributed by atoms with Crippen molar-refractivity contribution in [3.63, 3.8) is 0 Å². The summed E-state index contributed by atoms with van der Waals surface area (Å²) in [7, 11) is 0. The van der Waals surface area contributed by atoms with Gasteiger partial charge >= 0.3 is 0 Å². The molecule has 3 N–H and O–H groups in total. The number of aliphatic hydroxyl groups is 1. The van der Waals surface area contributed by atoms with E-state index in [0.29, 0.717) is 12.3 Å². The molecule has 28 heavy (non-hydrogen) atoms. The fourth-order valence-electron chi connectivity index (χ4n) is 2.95. The van der Waals surface area contributed by atoms with E-state index in [0.717, 1.165) is 19.5 Å². The van der Waals surface area contributed by atoms with Crippen LogP contribution >= 0.6 is 0 Å². The van der Waals surface area contributed by atoms with Crippen LogP contribution in [0.4, 0.5) is 0 Å². The van der Waals surface area contributed by atoms with Crippen molar-refractivity contribution < 1.29 is 20.4 Å². The quantitative estimate of drug-likeness (QED) is 0.211. The minimum atomic E-state index is -0.342. The average Bonchev–Trinajstić information content (AvgIpc) is 2.67. The summed E-state index contributed by atoms with van der Waals surface area (Å²) in [4.78, 5) is 12.5. The molecule has 0 heterocycles. The van der Waals surface area contributed by atoms with E-state index >= 15 is 0 Å². The first-order valence-electron chi connectivity index (χ1n) is 9.66. The van der Waals surface area contributed by atoms with Crippen LogP contribution < -0.4 is 10.6 Å². The smallest absolute Gasteiger partial charge is 0.204 e. The molecule has 0 spiro atoms. The Kier molecular flexibility index (Phi) is 12.5. The third kappa shape index (κ3) is 12.2. The largest absolute Gasteiger partial charge is 0.588 e. The lowest BCUT2D eigenvalue weighted by Crippen LogP contribution is -2.80. The summed E-state index contributed by atoms with van der Waals surface area (Å²) in [5.74, 6) is 0.345. The minimum Gasteiger partial charge on any atom is -0.588 e. The predicted octanol–water partition coefficient (Wildman–Crippen LogP) is 2.80. The van der Waals surface area contributed by atoms with Crippen molar-refractivity contribution in [3.8, 4) is 0 Å². The van der Waals surface area contributed by atoms with E-state index in [1.54, 1.807) is 0 Å². The molecule has 0 saturated carbocycles. The van der Waals surface area contributed by atoms with Gasteiger partial charge in [0.15, 0.2) is 0 Å². The Labute approximate surface area is 167 Å². The van der Waals surface area contributed by atoms with Gasteiger partial charge in [-0.15, -0.1) is 6.42 Å². The van der Waals surface area contributed by atoms with Gasteiger partial charge in [0.05, 0.1) is 0 Å². The number of nitrogens with two attached hydrogens (primary N) is 1. The van der Waals surface area contributed by atoms with Gasteiger partial charge in [0.25, 0.3) is 0 Å². The summed E-state index contributed by atoms with van der Waals surface area (Å²) < 4.78 is 0. The molecule has 2 aromatic carbocycles. The lowest BCUT2D eigenvalue weighted by Gasteiger charge is -2.19. The molecule has 1 atom stereocenters. The maximum absolute atomic E-state index is 10.2. The van der Waals surface area contributed by atoms with Crippen LogP contribution in [0.15, 0.2) is 60.7 Å². The van der Waals surface area contributed by atoms with Gasteiger partial charge in [-0.25, -0.2) is 0 Å². The molecule has 6 heteroatoms. The van der Waals surface area contributed by atoms with Crippen molar-refractivity contribution in [2.24, 2.45) is 11.8 Å². The molecule has 0 fully saturated rings. The molecule has 6 nitrogen and oxygen atoms in total. The lowest BCUT2D eigenvalue weighted by atomic mass is 9.95. The fraction of sp³-hybridized carbons (Fsp3) is 0.409. The Balaban J connectivity index is 0.000000284. The van der Waals surface area contributed by atoms with E-state index in [-0.39, 0.29) is 17.4 Å². The van der Waals surface area contributed by atoms with Crippen LogP contribution in [0, 0.1) is 28.6 Å². The highest BCUT2D eigenvalue weighted by Crippen LogP contribution is 2.16. The molecule has 2 aromatic rings. The van der Waals surface area contributed by atoms with E-state index in [4.69, 9.17) is 0 Å². The van der Waals surface area contributed by atoms with Gasteiger partial charge in [0.1, 0.15) is 13.1 Å². The highest BCUT2D eigenvalue weighted by Gasteiger charge is 2.14. The molecule has 0 radical (unpaired) electrons. The van der Waals surface area contributed by atoms with Crippen LogP contribution in [-0.4, -0.2) is 16.4 Å². The first-order chi connectivity index (χ1) is 13.5. The topological polar surface area (TPSA) is 95.6 Å². The molecule has 0 aliphatic rings. The molecular formula is C22H32N2O4. The molecule has 0 bridgehead atoms. The van der Waals surface area contributed by atoms with Crippen molar-refractivity contribution in [3.05, 3.63) is 88.5 Å². The first-order valence-corrected chi connectivity index (χ1v) is 9.66. The van der Waals surface area contributed by atoms with Gasteiger partial charge in [0.2, 0.25) is 6.54 Å². The van der Waals surface area contributed by atoms with Gasteiger partial charge in [-0.05, 0) is 18.9 Å². The second-order valence-electron chi connectivity index (χ2n) is 7.20. The molecular weight excluding hydrogens is 356 g/mol. The number of benzene rings is 2. The normalized spacial score (nSPS) is 11.6. The van der Waals surface area contributed by atoms with Crippen molar-refractivity contribution >= 4 is 0 Å². The van der Waals surface area contributed by atoms with Gasteiger partial charge in [0, 0.05) is 22.0 Å². The van der Waals surface area contributed by atoms with Crippen LogP contribution in [0.25, 0.3) is 0 Å². The van der Waals surface area contributed by atoms with Gasteiger partial charge < -0.3 is 15.5 Å². The minimum absolute atomic E-state index is 0.0623. The second kappa shape index (κ2) is 14.7. The number of rotatable bonds is 11. The first kappa shape index (κ1) is 23.8. The molecule has 154 valence electrons. The predicted molar refractivity (Wildman–Crippen MR) is 109 cm³/mol. The molecule has 0 amide bonds. The summed E-state index contributed by atoms with van der Waals surface area (Å²) in [6, 6.07) is 21.1. The highest BCUT2D eigenvalue weighted by atomic mass is 17.1. The van der Waals surface area contributed by atoms with E-state index < -0.39 is 0 Å². The van der Waals surface area contributed by atoms with Gasteiger partial charge in [-0.1, -0.05) is 74.5 Å². The third-order valence-electron chi connectivity index (χ3n) is 4.17.